The zero-order valence-electron chi connectivity index (χ0n) is 14.6. The van der Waals surface area contributed by atoms with Crippen LogP contribution in [0.2, 0.25) is 0 Å². The Morgan fingerprint density at radius 3 is 2.37 bits per heavy atom. The summed E-state index contributed by atoms with van der Waals surface area (Å²) in [6.45, 7) is 0.699. The average Bonchev–Trinajstić information content (AvgIpc) is 3.41. The van der Waals surface area contributed by atoms with Crippen LogP contribution in [0, 0.1) is 0 Å². The van der Waals surface area contributed by atoms with Crippen molar-refractivity contribution in [2.75, 3.05) is 13.1 Å². The van der Waals surface area contributed by atoms with Crippen LogP contribution in [-0.4, -0.2) is 37.6 Å². The van der Waals surface area contributed by atoms with E-state index in [1.165, 1.54) is 0 Å². The van der Waals surface area contributed by atoms with Crippen molar-refractivity contribution >= 4 is 27.1 Å². The van der Waals surface area contributed by atoms with E-state index in [-0.39, 0.29) is 12.5 Å². The van der Waals surface area contributed by atoms with Crippen LogP contribution in [0.15, 0.2) is 76.3 Å². The number of carbonyl (C=O) groups is 1. The summed E-state index contributed by atoms with van der Waals surface area (Å²) in [5, 5.41) is 3.54. The second kappa shape index (κ2) is 7.29. The van der Waals surface area contributed by atoms with Gasteiger partial charge in [0, 0.05) is 18.7 Å². The molecule has 0 saturated carbocycles. The van der Waals surface area contributed by atoms with Gasteiger partial charge < -0.3 is 4.90 Å². The number of hydrogen-bond acceptors (Lipinski definition) is 4. The molecule has 3 aromatic rings. The first-order valence-electron chi connectivity index (χ1n) is 8.76. The van der Waals surface area contributed by atoms with Crippen molar-refractivity contribution in [1.29, 1.82) is 0 Å². The standard InChI is InChI=1S/C21H19NO3S2/c23-21(17-8-6-16(7-9-17)18-11-13-26-15-18)22-12-10-20(14-22)27(24,25)19-4-2-1-3-5-19/h1-9,11,13,15,20H,10,12,14H2. The predicted octanol–water partition coefficient (Wildman–Crippen LogP) is 4.10. The molecule has 27 heavy (non-hydrogen) atoms. The molecule has 0 bridgehead atoms. The number of carbonyl (C=O) groups excluding carboxylic acids is 1. The molecule has 138 valence electrons. The van der Waals surface area contributed by atoms with E-state index >= 15 is 0 Å². The van der Waals surface area contributed by atoms with Crippen LogP contribution in [0.25, 0.3) is 11.1 Å². The van der Waals surface area contributed by atoms with Gasteiger partial charge in [0.25, 0.3) is 5.91 Å². The molecule has 0 N–H and O–H groups in total. The summed E-state index contributed by atoms with van der Waals surface area (Å²) in [5.41, 5.74) is 2.79. The monoisotopic (exact) mass is 397 g/mol. The number of sulfone groups is 1. The van der Waals surface area contributed by atoms with E-state index in [0.29, 0.717) is 23.4 Å². The van der Waals surface area contributed by atoms with Gasteiger partial charge in [0.2, 0.25) is 0 Å². The Kier molecular flexibility index (Phi) is 4.85. The first kappa shape index (κ1) is 17.9. The zero-order valence-corrected chi connectivity index (χ0v) is 16.2. The summed E-state index contributed by atoms with van der Waals surface area (Å²) in [6, 6.07) is 18.0. The second-order valence-electron chi connectivity index (χ2n) is 6.61. The molecule has 4 nitrogen and oxygen atoms in total. The fourth-order valence-electron chi connectivity index (χ4n) is 3.39. The summed E-state index contributed by atoms with van der Waals surface area (Å²) < 4.78 is 25.6. The molecule has 1 amide bonds. The van der Waals surface area contributed by atoms with Gasteiger partial charge in [-0.25, -0.2) is 8.42 Å². The van der Waals surface area contributed by atoms with Gasteiger partial charge in [0.1, 0.15) is 0 Å². The molecule has 4 rings (SSSR count). The molecule has 0 spiro atoms. The molecule has 6 heteroatoms. The molecule has 0 aliphatic carbocycles. The van der Waals surface area contributed by atoms with Crippen LogP contribution in [0.4, 0.5) is 0 Å². The maximum atomic E-state index is 12.8. The van der Waals surface area contributed by atoms with Gasteiger partial charge in [0.15, 0.2) is 9.84 Å². The first-order valence-corrected chi connectivity index (χ1v) is 11.3. The van der Waals surface area contributed by atoms with Gasteiger partial charge in [-0.1, -0.05) is 30.3 Å². The highest BCUT2D eigenvalue weighted by Gasteiger charge is 2.36. The van der Waals surface area contributed by atoms with Crippen molar-refractivity contribution in [2.24, 2.45) is 0 Å². The van der Waals surface area contributed by atoms with Crippen molar-refractivity contribution in [3.05, 3.63) is 77.0 Å². The Labute approximate surface area is 163 Å². The van der Waals surface area contributed by atoms with Crippen molar-refractivity contribution in [3.8, 4) is 11.1 Å². The molecule has 1 fully saturated rings. The third-order valence-electron chi connectivity index (χ3n) is 4.93. The van der Waals surface area contributed by atoms with Crippen molar-refractivity contribution < 1.29 is 13.2 Å². The Morgan fingerprint density at radius 1 is 0.963 bits per heavy atom. The number of benzene rings is 2. The molecule has 1 aliphatic rings. The lowest BCUT2D eigenvalue weighted by Crippen LogP contribution is -2.31. The number of amides is 1. The number of thiophene rings is 1. The molecule has 1 saturated heterocycles. The molecule has 1 atom stereocenters. The van der Waals surface area contributed by atoms with Crippen LogP contribution >= 0.6 is 11.3 Å². The van der Waals surface area contributed by atoms with Crippen molar-refractivity contribution in [3.63, 3.8) is 0 Å². The molecule has 2 aromatic carbocycles. The number of hydrogen-bond donors (Lipinski definition) is 0. The van der Waals surface area contributed by atoms with E-state index in [0.717, 1.165) is 11.1 Å². The van der Waals surface area contributed by atoms with Crippen LogP contribution < -0.4 is 0 Å². The minimum atomic E-state index is -3.42. The van der Waals surface area contributed by atoms with Crippen LogP contribution in [0.3, 0.4) is 0 Å². The normalized spacial score (nSPS) is 17.2. The van der Waals surface area contributed by atoms with Crippen LogP contribution in [-0.2, 0) is 9.84 Å². The highest BCUT2D eigenvalue weighted by Crippen LogP contribution is 2.26. The lowest BCUT2D eigenvalue weighted by atomic mass is 10.1. The van der Waals surface area contributed by atoms with Crippen LogP contribution in [0.1, 0.15) is 16.8 Å². The highest BCUT2D eigenvalue weighted by molar-refractivity contribution is 7.92. The quantitative estimate of drug-likeness (QED) is 0.666. The fourth-order valence-corrected chi connectivity index (χ4v) is 5.76. The van der Waals surface area contributed by atoms with Crippen molar-refractivity contribution in [2.45, 2.75) is 16.6 Å². The molecular formula is C21H19NO3S2. The van der Waals surface area contributed by atoms with Gasteiger partial charge in [-0.15, -0.1) is 0 Å². The lowest BCUT2D eigenvalue weighted by molar-refractivity contribution is 0.0793. The van der Waals surface area contributed by atoms with Gasteiger partial charge in [-0.05, 0) is 58.6 Å². The highest BCUT2D eigenvalue weighted by atomic mass is 32.2. The van der Waals surface area contributed by atoms with E-state index in [1.54, 1.807) is 46.6 Å². The van der Waals surface area contributed by atoms with E-state index in [2.05, 4.69) is 5.38 Å². The third-order valence-corrected chi connectivity index (χ3v) is 7.80. The minimum Gasteiger partial charge on any atom is -0.337 e. The van der Waals surface area contributed by atoms with E-state index in [4.69, 9.17) is 0 Å². The largest absolute Gasteiger partial charge is 0.337 e. The van der Waals surface area contributed by atoms with Gasteiger partial charge in [0.05, 0.1) is 10.1 Å². The molecule has 0 radical (unpaired) electrons. The first-order chi connectivity index (χ1) is 13.1. The van der Waals surface area contributed by atoms with E-state index < -0.39 is 15.1 Å². The van der Waals surface area contributed by atoms with E-state index in [9.17, 15) is 13.2 Å². The second-order valence-corrected chi connectivity index (χ2v) is 9.62. The molecular weight excluding hydrogens is 378 g/mol. The smallest absolute Gasteiger partial charge is 0.253 e. The predicted molar refractivity (Wildman–Crippen MR) is 108 cm³/mol. The Bertz CT molecular complexity index is 1030. The molecule has 1 unspecified atom stereocenters. The van der Waals surface area contributed by atoms with Gasteiger partial charge >= 0.3 is 0 Å². The topological polar surface area (TPSA) is 54.5 Å². The SMILES string of the molecule is O=C(c1ccc(-c2ccsc2)cc1)N1CCC(S(=O)(=O)c2ccccc2)C1. The van der Waals surface area contributed by atoms with E-state index in [1.807, 2.05) is 35.7 Å². The third kappa shape index (κ3) is 3.55. The summed E-state index contributed by atoms with van der Waals surface area (Å²) in [7, 11) is -3.42. The Morgan fingerprint density at radius 2 is 1.70 bits per heavy atom. The molecule has 1 aromatic heterocycles. The van der Waals surface area contributed by atoms with Gasteiger partial charge in [-0.2, -0.15) is 11.3 Å². The maximum absolute atomic E-state index is 12.8. The summed E-state index contributed by atoms with van der Waals surface area (Å²) in [4.78, 5) is 14.8. The Hall–Kier alpha value is -2.44. The summed E-state index contributed by atoms with van der Waals surface area (Å²) in [6.07, 6.45) is 0.468. The van der Waals surface area contributed by atoms with Crippen molar-refractivity contribution in [1.82, 2.24) is 4.90 Å². The lowest BCUT2D eigenvalue weighted by Gasteiger charge is -2.17. The van der Waals surface area contributed by atoms with Gasteiger partial charge in [-0.3, -0.25) is 4.79 Å². The average molecular weight is 398 g/mol. The molecule has 1 aliphatic heterocycles. The maximum Gasteiger partial charge on any atom is 0.253 e. The van der Waals surface area contributed by atoms with Crippen LogP contribution in [0.5, 0.6) is 0 Å². The number of rotatable bonds is 4. The summed E-state index contributed by atoms with van der Waals surface area (Å²) >= 11 is 1.63. The number of nitrogens with zero attached hydrogens (tertiary/aromatic N) is 1. The summed E-state index contributed by atoms with van der Waals surface area (Å²) in [5.74, 6) is -0.113. The minimum absolute atomic E-state index is 0.113. The number of likely N-dealkylation sites (tertiary alicyclic amines) is 1. The zero-order chi connectivity index (χ0) is 18.9. The Balaban J connectivity index is 1.48. The molecule has 2 heterocycles. The fraction of sp³-hybridized carbons (Fsp3) is 0.190.